The number of aliphatic hydroxyl groups is 1. The van der Waals surface area contributed by atoms with Gasteiger partial charge < -0.3 is 23.9 Å². The van der Waals surface area contributed by atoms with E-state index in [1.807, 2.05) is 13.8 Å². The Hall–Kier alpha value is -3.64. The van der Waals surface area contributed by atoms with Crippen LogP contribution in [0.3, 0.4) is 0 Å². The van der Waals surface area contributed by atoms with Crippen molar-refractivity contribution in [3.63, 3.8) is 0 Å². The van der Waals surface area contributed by atoms with Crippen molar-refractivity contribution in [2.24, 2.45) is 12.1 Å². The Morgan fingerprint density at radius 3 is 2.64 bits per heavy atom. The molecule has 0 saturated heterocycles. The van der Waals surface area contributed by atoms with Crippen molar-refractivity contribution in [1.82, 2.24) is 19.1 Å². The van der Waals surface area contributed by atoms with Gasteiger partial charge in [-0.3, -0.25) is 14.3 Å². The molecule has 0 aliphatic heterocycles. The largest absolute Gasteiger partial charge is 0.493 e. The topological polar surface area (TPSA) is 145 Å². The Morgan fingerprint density at radius 2 is 1.97 bits per heavy atom. The highest BCUT2D eigenvalue weighted by Gasteiger charge is 2.20. The number of nitrogens with zero attached hydrogens (tertiary/aromatic N) is 4. The Bertz CT molecular complexity index is 1260. The molecule has 0 unspecified atom stereocenters. The van der Waals surface area contributed by atoms with E-state index in [0.29, 0.717) is 11.5 Å². The standard InChI is InChI=1S/C21H28N6O6/c1-12(2)33-11-14(28)10-27-17-18(26(3)21(30)24-19(17)29)23-20(27)25-22-9-13-6-7-15(31-4)16(8-13)32-5/h6-9,12,14,28H,10-11H2,1-5H3,(H,23,25)(H,24,29,30)/b22-9-/t14-/m0/s1. The van der Waals surface area contributed by atoms with Gasteiger partial charge in [-0.25, -0.2) is 10.2 Å². The molecule has 12 heteroatoms. The number of fused-ring (bicyclic) bond motifs is 1. The molecule has 0 spiro atoms. The van der Waals surface area contributed by atoms with E-state index in [1.54, 1.807) is 25.3 Å². The first-order chi connectivity index (χ1) is 15.7. The number of rotatable bonds is 10. The number of hydrazone groups is 1. The average molecular weight is 460 g/mol. The van der Waals surface area contributed by atoms with Crippen molar-refractivity contribution in [1.29, 1.82) is 0 Å². The van der Waals surface area contributed by atoms with Crippen LogP contribution in [0.15, 0.2) is 32.9 Å². The maximum absolute atomic E-state index is 12.5. The molecule has 0 saturated carbocycles. The number of anilines is 1. The molecule has 2 aromatic heterocycles. The second-order valence-electron chi connectivity index (χ2n) is 7.56. The molecule has 0 radical (unpaired) electrons. The molecule has 0 aliphatic rings. The number of nitrogens with one attached hydrogen (secondary N) is 2. The van der Waals surface area contributed by atoms with Crippen molar-refractivity contribution in [2.45, 2.75) is 32.6 Å². The van der Waals surface area contributed by atoms with Gasteiger partial charge in [0.25, 0.3) is 5.56 Å². The molecular weight excluding hydrogens is 432 g/mol. The van der Waals surface area contributed by atoms with E-state index in [0.717, 1.165) is 5.56 Å². The summed E-state index contributed by atoms with van der Waals surface area (Å²) in [4.78, 5) is 31.1. The van der Waals surface area contributed by atoms with Crippen LogP contribution in [0, 0.1) is 0 Å². The fraction of sp³-hybridized carbons (Fsp3) is 0.429. The summed E-state index contributed by atoms with van der Waals surface area (Å²) in [5, 5.41) is 14.6. The molecule has 178 valence electrons. The van der Waals surface area contributed by atoms with Crippen LogP contribution in [-0.2, 0) is 18.3 Å². The van der Waals surface area contributed by atoms with Gasteiger partial charge in [-0.2, -0.15) is 10.1 Å². The molecule has 1 aromatic carbocycles. The van der Waals surface area contributed by atoms with E-state index in [2.05, 4.69) is 20.5 Å². The number of hydrogen-bond donors (Lipinski definition) is 3. The first-order valence-electron chi connectivity index (χ1n) is 10.3. The summed E-state index contributed by atoms with van der Waals surface area (Å²) < 4.78 is 18.7. The molecule has 33 heavy (non-hydrogen) atoms. The molecule has 0 bridgehead atoms. The Kier molecular flexibility index (Phi) is 7.51. The SMILES string of the molecule is COc1ccc(/C=N\Nc2nc3c(c(=O)[nH]c(=O)n3C)n2C[C@H](O)COC(C)C)cc1OC. The lowest BCUT2D eigenvalue weighted by molar-refractivity contribution is -0.000105. The zero-order chi connectivity index (χ0) is 24.1. The minimum atomic E-state index is -0.920. The Morgan fingerprint density at radius 1 is 1.24 bits per heavy atom. The Labute approximate surface area is 189 Å². The Balaban J connectivity index is 1.95. The summed E-state index contributed by atoms with van der Waals surface area (Å²) in [7, 11) is 4.58. The summed E-state index contributed by atoms with van der Waals surface area (Å²) in [6.07, 6.45) is 0.552. The number of hydrogen-bond acceptors (Lipinski definition) is 9. The number of aromatic nitrogens is 4. The van der Waals surface area contributed by atoms with Crippen LogP contribution >= 0.6 is 0 Å². The van der Waals surface area contributed by atoms with E-state index in [-0.39, 0.29) is 36.4 Å². The summed E-state index contributed by atoms with van der Waals surface area (Å²) >= 11 is 0. The first kappa shape index (κ1) is 24.0. The van der Waals surface area contributed by atoms with E-state index < -0.39 is 17.4 Å². The van der Waals surface area contributed by atoms with Gasteiger partial charge in [0.05, 0.1) is 45.8 Å². The highest BCUT2D eigenvalue weighted by molar-refractivity contribution is 5.81. The number of H-pyrrole nitrogens is 1. The normalized spacial score (nSPS) is 12.6. The number of aryl methyl sites for hydroxylation is 1. The number of ether oxygens (including phenoxy) is 3. The summed E-state index contributed by atoms with van der Waals surface area (Å²) in [6.45, 7) is 3.78. The van der Waals surface area contributed by atoms with Crippen LogP contribution < -0.4 is 26.1 Å². The summed E-state index contributed by atoms with van der Waals surface area (Å²) in [6, 6.07) is 5.28. The third-order valence-electron chi connectivity index (χ3n) is 4.81. The minimum Gasteiger partial charge on any atom is -0.493 e. The zero-order valence-corrected chi connectivity index (χ0v) is 19.2. The van der Waals surface area contributed by atoms with Gasteiger partial charge in [0.2, 0.25) is 5.95 Å². The van der Waals surface area contributed by atoms with Crippen LogP contribution in [-0.4, -0.2) is 63.5 Å². The molecule has 1 atom stereocenters. The van der Waals surface area contributed by atoms with Gasteiger partial charge in [0, 0.05) is 7.05 Å². The number of aromatic amines is 1. The third kappa shape index (κ3) is 5.41. The van der Waals surface area contributed by atoms with Crippen LogP contribution in [0.1, 0.15) is 19.4 Å². The van der Waals surface area contributed by atoms with Gasteiger partial charge in [-0.1, -0.05) is 0 Å². The molecule has 12 nitrogen and oxygen atoms in total. The molecule has 0 amide bonds. The number of aliphatic hydroxyl groups excluding tert-OH is 1. The lowest BCUT2D eigenvalue weighted by Crippen LogP contribution is -2.30. The van der Waals surface area contributed by atoms with Gasteiger partial charge >= 0.3 is 5.69 Å². The molecule has 3 rings (SSSR count). The molecular formula is C21H28N6O6. The van der Waals surface area contributed by atoms with Crippen LogP contribution in [0.2, 0.25) is 0 Å². The second-order valence-corrected chi connectivity index (χ2v) is 7.56. The highest BCUT2D eigenvalue weighted by atomic mass is 16.5. The number of methoxy groups -OCH3 is 2. The first-order valence-corrected chi connectivity index (χ1v) is 10.3. The van der Waals surface area contributed by atoms with Gasteiger partial charge in [-0.15, -0.1) is 0 Å². The fourth-order valence-corrected chi connectivity index (χ4v) is 3.16. The lowest BCUT2D eigenvalue weighted by atomic mass is 10.2. The highest BCUT2D eigenvalue weighted by Crippen LogP contribution is 2.27. The van der Waals surface area contributed by atoms with E-state index >= 15 is 0 Å². The molecule has 2 heterocycles. The molecule has 0 aliphatic carbocycles. The summed E-state index contributed by atoms with van der Waals surface area (Å²) in [5.74, 6) is 1.31. The van der Waals surface area contributed by atoms with Gasteiger partial charge in [-0.05, 0) is 37.6 Å². The van der Waals surface area contributed by atoms with Crippen molar-refractivity contribution >= 4 is 23.3 Å². The zero-order valence-electron chi connectivity index (χ0n) is 19.2. The summed E-state index contributed by atoms with van der Waals surface area (Å²) in [5.41, 5.74) is 2.59. The lowest BCUT2D eigenvalue weighted by Gasteiger charge is -2.15. The second kappa shape index (κ2) is 10.3. The number of imidazole rings is 1. The van der Waals surface area contributed by atoms with E-state index in [1.165, 1.54) is 29.5 Å². The predicted molar refractivity (Wildman–Crippen MR) is 123 cm³/mol. The van der Waals surface area contributed by atoms with Crippen molar-refractivity contribution in [3.8, 4) is 11.5 Å². The quantitative estimate of drug-likeness (QED) is 0.296. The predicted octanol–water partition coefficient (Wildman–Crippen LogP) is 0.672. The molecule has 0 fully saturated rings. The van der Waals surface area contributed by atoms with Crippen LogP contribution in [0.5, 0.6) is 11.5 Å². The fourth-order valence-electron chi connectivity index (χ4n) is 3.16. The van der Waals surface area contributed by atoms with Gasteiger partial charge in [0.15, 0.2) is 22.7 Å². The van der Waals surface area contributed by atoms with Crippen molar-refractivity contribution in [3.05, 3.63) is 44.6 Å². The van der Waals surface area contributed by atoms with Gasteiger partial charge in [0.1, 0.15) is 0 Å². The molecule has 3 N–H and O–H groups in total. The minimum absolute atomic E-state index is 0.00127. The smallest absolute Gasteiger partial charge is 0.329 e. The maximum atomic E-state index is 12.5. The van der Waals surface area contributed by atoms with Crippen molar-refractivity contribution < 1.29 is 19.3 Å². The van der Waals surface area contributed by atoms with E-state index in [9.17, 15) is 14.7 Å². The average Bonchev–Trinajstić information content (AvgIpc) is 3.14. The van der Waals surface area contributed by atoms with E-state index in [4.69, 9.17) is 14.2 Å². The van der Waals surface area contributed by atoms with Crippen LogP contribution in [0.4, 0.5) is 5.95 Å². The number of benzene rings is 1. The maximum Gasteiger partial charge on any atom is 0.329 e. The third-order valence-corrected chi connectivity index (χ3v) is 4.81. The molecule has 3 aromatic rings. The van der Waals surface area contributed by atoms with Crippen LogP contribution in [0.25, 0.3) is 11.2 Å². The van der Waals surface area contributed by atoms with Crippen molar-refractivity contribution in [2.75, 3.05) is 26.3 Å². The monoisotopic (exact) mass is 460 g/mol.